The van der Waals surface area contributed by atoms with E-state index >= 15 is 0 Å². The van der Waals surface area contributed by atoms with E-state index in [1.165, 1.54) is 64.1 Å². The molecule has 1 aromatic carbocycles. The third-order valence-corrected chi connectivity index (χ3v) is 10.1. The van der Waals surface area contributed by atoms with Crippen LogP contribution in [0.2, 0.25) is 0 Å². The lowest BCUT2D eigenvalue weighted by atomic mass is 9.65. The average molecular weight is 629 g/mol. The number of pyridine rings is 1. The SMILES string of the molecule is CC(C)(O)c1cc(N)c(C=NC2CCN(CCC3CCC4(CCNCC4)CC3)CC2)cc1NC(=O)c1cccc(C(F)(F)F)n1. The molecule has 2 aromatic rings. The monoisotopic (exact) mass is 628 g/mol. The molecule has 3 aliphatic rings. The Morgan fingerprint density at radius 3 is 2.47 bits per heavy atom. The van der Waals surface area contributed by atoms with Gasteiger partial charge in [-0.15, -0.1) is 0 Å². The Morgan fingerprint density at radius 2 is 1.82 bits per heavy atom. The lowest BCUT2D eigenvalue weighted by molar-refractivity contribution is -0.141. The molecule has 1 spiro atoms. The second kappa shape index (κ2) is 13.8. The van der Waals surface area contributed by atoms with Crippen molar-refractivity contribution in [1.29, 1.82) is 0 Å². The Morgan fingerprint density at radius 1 is 1.13 bits per heavy atom. The summed E-state index contributed by atoms with van der Waals surface area (Å²) >= 11 is 0. The second-order valence-electron chi connectivity index (χ2n) is 13.8. The van der Waals surface area contributed by atoms with Gasteiger partial charge in [0.05, 0.1) is 11.6 Å². The first-order chi connectivity index (χ1) is 21.3. The van der Waals surface area contributed by atoms with Crippen molar-refractivity contribution >= 4 is 23.5 Å². The standard InChI is InChI=1S/C34H47F3N6O2/c1-32(2,45)26-21-27(38)24(20-29(26)42-31(44)28-4-3-5-30(41-28)34(35,36)37)22-40-25-9-18-43(19-10-25)17-8-23-6-11-33(12-7-23)13-15-39-16-14-33/h3-5,20-23,25,39,45H,6-19,38H2,1-2H3,(H,42,44). The van der Waals surface area contributed by atoms with Gasteiger partial charge in [-0.05, 0) is 127 Å². The van der Waals surface area contributed by atoms with Gasteiger partial charge in [0.15, 0.2) is 0 Å². The molecule has 2 aliphatic heterocycles. The van der Waals surface area contributed by atoms with Gasteiger partial charge in [-0.1, -0.05) is 6.07 Å². The summed E-state index contributed by atoms with van der Waals surface area (Å²) in [6, 6.07) is 6.47. The van der Waals surface area contributed by atoms with Gasteiger partial charge in [0.25, 0.3) is 5.91 Å². The number of benzene rings is 1. The number of anilines is 2. The van der Waals surface area contributed by atoms with Crippen molar-refractivity contribution in [2.45, 2.75) is 89.5 Å². The number of nitrogens with one attached hydrogen (secondary N) is 2. The highest BCUT2D eigenvalue weighted by Gasteiger charge is 2.36. The Hall–Kier alpha value is -3.02. The molecular formula is C34H47F3N6O2. The second-order valence-corrected chi connectivity index (χ2v) is 13.8. The van der Waals surface area contributed by atoms with Crippen molar-refractivity contribution in [2.75, 3.05) is 43.8 Å². The van der Waals surface area contributed by atoms with Crippen LogP contribution in [-0.4, -0.2) is 65.9 Å². The van der Waals surface area contributed by atoms with Crippen molar-refractivity contribution in [1.82, 2.24) is 15.2 Å². The molecule has 1 saturated carbocycles. The number of amides is 1. The van der Waals surface area contributed by atoms with Gasteiger partial charge < -0.3 is 26.4 Å². The molecule has 3 fully saturated rings. The van der Waals surface area contributed by atoms with Gasteiger partial charge in [-0.25, -0.2) is 4.98 Å². The van der Waals surface area contributed by atoms with Gasteiger partial charge in [0.1, 0.15) is 11.4 Å². The van der Waals surface area contributed by atoms with E-state index in [1.54, 1.807) is 32.2 Å². The highest BCUT2D eigenvalue weighted by molar-refractivity contribution is 6.04. The van der Waals surface area contributed by atoms with E-state index in [0.717, 1.165) is 50.5 Å². The van der Waals surface area contributed by atoms with E-state index in [9.17, 15) is 23.1 Å². The lowest BCUT2D eigenvalue weighted by Gasteiger charge is -2.43. The number of hydrogen-bond donors (Lipinski definition) is 4. The summed E-state index contributed by atoms with van der Waals surface area (Å²) in [6.45, 7) is 8.59. The molecule has 2 saturated heterocycles. The number of rotatable bonds is 8. The minimum Gasteiger partial charge on any atom is -0.398 e. The van der Waals surface area contributed by atoms with Gasteiger partial charge >= 0.3 is 6.18 Å². The van der Waals surface area contributed by atoms with Gasteiger partial charge in [-0.3, -0.25) is 9.79 Å². The fraction of sp³-hybridized carbons (Fsp3) is 0.618. The van der Waals surface area contributed by atoms with E-state index < -0.39 is 23.4 Å². The summed E-state index contributed by atoms with van der Waals surface area (Å²) < 4.78 is 39.4. The molecule has 0 unspecified atom stereocenters. The van der Waals surface area contributed by atoms with Crippen LogP contribution in [0.15, 0.2) is 35.3 Å². The number of aliphatic imine (C=N–C) groups is 1. The molecule has 3 heterocycles. The van der Waals surface area contributed by atoms with E-state index in [2.05, 4.69) is 20.5 Å². The molecule has 8 nitrogen and oxygen atoms in total. The molecule has 5 rings (SSSR count). The van der Waals surface area contributed by atoms with Crippen LogP contribution in [0, 0.1) is 11.3 Å². The normalized spacial score (nSPS) is 20.6. The summed E-state index contributed by atoms with van der Waals surface area (Å²) in [5, 5.41) is 16.9. The van der Waals surface area contributed by atoms with Crippen LogP contribution in [0.5, 0.6) is 0 Å². The number of nitrogens with two attached hydrogens (primary N) is 1. The van der Waals surface area contributed by atoms with Crippen LogP contribution in [0.25, 0.3) is 0 Å². The average Bonchev–Trinajstić information content (AvgIpc) is 3.01. The summed E-state index contributed by atoms with van der Waals surface area (Å²) in [4.78, 5) is 23.8. The zero-order valence-corrected chi connectivity index (χ0v) is 26.4. The fourth-order valence-corrected chi connectivity index (χ4v) is 7.14. The Bertz CT molecular complexity index is 1350. The number of likely N-dealkylation sites (tertiary alicyclic amines) is 1. The number of hydrogen-bond acceptors (Lipinski definition) is 7. The van der Waals surface area contributed by atoms with Gasteiger partial charge in [0.2, 0.25) is 0 Å². The highest BCUT2D eigenvalue weighted by Crippen LogP contribution is 2.46. The Labute approximate surface area is 264 Å². The van der Waals surface area contributed by atoms with Gasteiger partial charge in [0, 0.05) is 41.8 Å². The molecular weight excluding hydrogens is 581 g/mol. The lowest BCUT2D eigenvalue weighted by Crippen LogP contribution is -2.40. The largest absolute Gasteiger partial charge is 0.433 e. The zero-order valence-electron chi connectivity index (χ0n) is 26.4. The third kappa shape index (κ3) is 8.62. The number of alkyl halides is 3. The van der Waals surface area contributed by atoms with Crippen molar-refractivity contribution in [3.63, 3.8) is 0 Å². The summed E-state index contributed by atoms with van der Waals surface area (Å²) in [5.74, 6) is 0.0146. The minimum atomic E-state index is -4.68. The quantitative estimate of drug-likeness (QED) is 0.211. The first-order valence-electron chi connectivity index (χ1n) is 16.3. The fourth-order valence-electron chi connectivity index (χ4n) is 7.14. The molecule has 0 radical (unpaired) electrons. The van der Waals surface area contributed by atoms with E-state index in [-0.39, 0.29) is 17.4 Å². The number of piperidine rings is 2. The molecule has 1 aromatic heterocycles. The molecule has 0 bridgehead atoms. The summed E-state index contributed by atoms with van der Waals surface area (Å²) in [7, 11) is 0. The number of aliphatic hydroxyl groups is 1. The van der Waals surface area contributed by atoms with Crippen LogP contribution in [0.3, 0.4) is 0 Å². The maximum Gasteiger partial charge on any atom is 0.433 e. The molecule has 246 valence electrons. The predicted octanol–water partition coefficient (Wildman–Crippen LogP) is 6.00. The summed E-state index contributed by atoms with van der Waals surface area (Å²) in [6.07, 6.45) is 8.40. The molecule has 1 amide bonds. The number of nitrogen functional groups attached to an aromatic ring is 1. The minimum absolute atomic E-state index is 0.149. The van der Waals surface area contributed by atoms with E-state index in [1.807, 2.05) is 0 Å². The number of nitrogens with zero attached hydrogens (tertiary/aromatic N) is 3. The Balaban J connectivity index is 1.17. The van der Waals surface area contributed by atoms with Crippen LogP contribution >= 0.6 is 0 Å². The predicted molar refractivity (Wildman–Crippen MR) is 171 cm³/mol. The Kier molecular flexibility index (Phi) is 10.2. The zero-order chi connectivity index (χ0) is 32.2. The first kappa shape index (κ1) is 33.3. The first-order valence-corrected chi connectivity index (χ1v) is 16.3. The summed E-state index contributed by atoms with van der Waals surface area (Å²) in [5.41, 5.74) is 5.50. The van der Waals surface area contributed by atoms with E-state index in [0.29, 0.717) is 22.2 Å². The third-order valence-electron chi connectivity index (χ3n) is 10.1. The van der Waals surface area contributed by atoms with E-state index in [4.69, 9.17) is 10.7 Å². The van der Waals surface area contributed by atoms with Crippen LogP contribution in [0.1, 0.15) is 98.9 Å². The van der Waals surface area contributed by atoms with Crippen LogP contribution < -0.4 is 16.4 Å². The van der Waals surface area contributed by atoms with Crippen molar-refractivity contribution in [3.8, 4) is 0 Å². The molecule has 5 N–H and O–H groups in total. The van der Waals surface area contributed by atoms with Crippen LogP contribution in [-0.2, 0) is 11.8 Å². The highest BCUT2D eigenvalue weighted by atomic mass is 19.4. The topological polar surface area (TPSA) is 116 Å². The van der Waals surface area contributed by atoms with Crippen molar-refractivity contribution in [2.24, 2.45) is 16.3 Å². The molecule has 1 aliphatic carbocycles. The number of halogens is 3. The number of carbonyl (C=O) groups is 1. The molecule has 11 heteroatoms. The smallest absolute Gasteiger partial charge is 0.398 e. The molecule has 0 atom stereocenters. The maximum absolute atomic E-state index is 13.1. The van der Waals surface area contributed by atoms with Crippen molar-refractivity contribution in [3.05, 3.63) is 52.8 Å². The van der Waals surface area contributed by atoms with Crippen LogP contribution in [0.4, 0.5) is 24.5 Å². The molecule has 45 heavy (non-hydrogen) atoms. The van der Waals surface area contributed by atoms with Gasteiger partial charge in [-0.2, -0.15) is 13.2 Å². The maximum atomic E-state index is 13.1. The van der Waals surface area contributed by atoms with Crippen molar-refractivity contribution < 1.29 is 23.1 Å². The number of aromatic nitrogens is 1. The number of carbonyl (C=O) groups excluding carboxylic acids is 1.